The molecule has 3 N–H and O–H groups in total. The number of hydrogen-bond donors (Lipinski definition) is 2. The molecule has 2 aromatic rings. The number of nitrogens with one attached hydrogen (secondary N) is 1. The monoisotopic (exact) mass is 338 g/mol. The van der Waals surface area contributed by atoms with E-state index in [-0.39, 0.29) is 5.82 Å². The molecular weight excluding hydrogens is 327 g/mol. The zero-order chi connectivity index (χ0) is 14.0. The van der Waals surface area contributed by atoms with E-state index in [1.54, 1.807) is 6.07 Å². The second-order valence-corrected chi connectivity index (χ2v) is 5.44. The van der Waals surface area contributed by atoms with E-state index >= 15 is 0 Å². The van der Waals surface area contributed by atoms with E-state index in [9.17, 15) is 4.39 Å². The van der Waals surface area contributed by atoms with E-state index in [0.29, 0.717) is 4.99 Å². The maximum absolute atomic E-state index is 13.2. The molecule has 0 radical (unpaired) electrons. The Hall–Kier alpha value is -1.46. The van der Waals surface area contributed by atoms with Crippen molar-refractivity contribution in [2.75, 3.05) is 5.32 Å². The Bertz CT molecular complexity index is 643. The van der Waals surface area contributed by atoms with Crippen LogP contribution in [0.3, 0.4) is 0 Å². The van der Waals surface area contributed by atoms with Gasteiger partial charge in [0.15, 0.2) is 0 Å². The molecule has 0 saturated carbocycles. The standard InChI is InChI=1S/C14H12BrFN2S/c1-8-2-3-9(16)6-13(8)18-10-4-5-11(14(17)19)12(15)7-10/h2-7,18H,1H3,(H2,17,19). The van der Waals surface area contributed by atoms with Crippen molar-refractivity contribution in [2.45, 2.75) is 6.92 Å². The summed E-state index contributed by atoms with van der Waals surface area (Å²) in [7, 11) is 0. The maximum atomic E-state index is 13.2. The second kappa shape index (κ2) is 5.67. The Balaban J connectivity index is 2.31. The number of anilines is 2. The molecule has 0 atom stereocenters. The first-order chi connectivity index (χ1) is 8.97. The molecule has 0 saturated heterocycles. The van der Waals surface area contributed by atoms with Crippen molar-refractivity contribution in [3.05, 3.63) is 57.8 Å². The lowest BCUT2D eigenvalue weighted by Gasteiger charge is -2.11. The first-order valence-corrected chi connectivity index (χ1v) is 6.80. The fourth-order valence-corrected chi connectivity index (χ4v) is 2.58. The van der Waals surface area contributed by atoms with Gasteiger partial charge in [0.2, 0.25) is 0 Å². The van der Waals surface area contributed by atoms with Crippen molar-refractivity contribution in [1.82, 2.24) is 0 Å². The predicted molar refractivity (Wildman–Crippen MR) is 84.4 cm³/mol. The van der Waals surface area contributed by atoms with Gasteiger partial charge in [-0.05, 0) is 58.7 Å². The normalized spacial score (nSPS) is 10.3. The Kier molecular flexibility index (Phi) is 4.17. The Morgan fingerprint density at radius 1 is 1.26 bits per heavy atom. The summed E-state index contributed by atoms with van der Waals surface area (Å²) in [6.07, 6.45) is 0. The SMILES string of the molecule is Cc1ccc(F)cc1Nc1ccc(C(N)=S)c(Br)c1. The largest absolute Gasteiger partial charge is 0.389 e. The smallest absolute Gasteiger partial charge is 0.125 e. The first kappa shape index (κ1) is 14.0. The zero-order valence-corrected chi connectivity index (χ0v) is 12.6. The van der Waals surface area contributed by atoms with Crippen LogP contribution >= 0.6 is 28.1 Å². The third-order valence-corrected chi connectivity index (χ3v) is 3.59. The van der Waals surface area contributed by atoms with Crippen molar-refractivity contribution in [2.24, 2.45) is 5.73 Å². The van der Waals surface area contributed by atoms with Crippen LogP contribution < -0.4 is 11.1 Å². The summed E-state index contributed by atoms with van der Waals surface area (Å²) in [5, 5.41) is 3.17. The third-order valence-electron chi connectivity index (χ3n) is 2.71. The van der Waals surface area contributed by atoms with E-state index in [0.717, 1.165) is 27.0 Å². The highest BCUT2D eigenvalue weighted by molar-refractivity contribution is 9.10. The lowest BCUT2D eigenvalue weighted by Crippen LogP contribution is -2.10. The Morgan fingerprint density at radius 3 is 2.63 bits per heavy atom. The van der Waals surface area contributed by atoms with Crippen LogP contribution in [0.2, 0.25) is 0 Å². The topological polar surface area (TPSA) is 38.0 Å². The molecule has 0 heterocycles. The highest BCUT2D eigenvalue weighted by Crippen LogP contribution is 2.26. The van der Waals surface area contributed by atoms with Crippen molar-refractivity contribution in [3.63, 3.8) is 0 Å². The molecule has 0 aromatic heterocycles. The van der Waals surface area contributed by atoms with Gasteiger partial charge >= 0.3 is 0 Å². The van der Waals surface area contributed by atoms with Gasteiger partial charge in [-0.25, -0.2) is 4.39 Å². The van der Waals surface area contributed by atoms with Crippen molar-refractivity contribution in [3.8, 4) is 0 Å². The molecule has 2 rings (SSSR count). The van der Waals surface area contributed by atoms with Crippen LogP contribution in [0.1, 0.15) is 11.1 Å². The van der Waals surface area contributed by atoms with Crippen LogP contribution in [0.4, 0.5) is 15.8 Å². The predicted octanol–water partition coefficient (Wildman–Crippen LogP) is 4.27. The molecule has 2 aromatic carbocycles. The van der Waals surface area contributed by atoms with E-state index < -0.39 is 0 Å². The molecule has 0 aliphatic rings. The summed E-state index contributed by atoms with van der Waals surface area (Å²) in [5.41, 5.74) is 8.90. The summed E-state index contributed by atoms with van der Waals surface area (Å²) in [6, 6.07) is 10.2. The molecular formula is C14H12BrFN2S. The highest BCUT2D eigenvalue weighted by atomic mass is 79.9. The van der Waals surface area contributed by atoms with Crippen LogP contribution in [0, 0.1) is 12.7 Å². The lowest BCUT2D eigenvalue weighted by atomic mass is 10.1. The summed E-state index contributed by atoms with van der Waals surface area (Å²) in [4.78, 5) is 0.334. The molecule has 2 nitrogen and oxygen atoms in total. The molecule has 0 spiro atoms. The zero-order valence-electron chi connectivity index (χ0n) is 10.2. The van der Waals surface area contributed by atoms with Crippen LogP contribution in [-0.2, 0) is 0 Å². The van der Waals surface area contributed by atoms with Crippen LogP contribution in [0.5, 0.6) is 0 Å². The van der Waals surface area contributed by atoms with Gasteiger partial charge in [0.05, 0.1) is 0 Å². The maximum Gasteiger partial charge on any atom is 0.125 e. The summed E-state index contributed by atoms with van der Waals surface area (Å²) < 4.78 is 14.0. The number of nitrogens with two attached hydrogens (primary N) is 1. The molecule has 19 heavy (non-hydrogen) atoms. The number of rotatable bonds is 3. The summed E-state index contributed by atoms with van der Waals surface area (Å²) in [5.74, 6) is -0.271. The molecule has 0 aliphatic heterocycles. The summed E-state index contributed by atoms with van der Waals surface area (Å²) in [6.45, 7) is 1.92. The average molecular weight is 339 g/mol. The number of benzene rings is 2. The van der Waals surface area contributed by atoms with Crippen LogP contribution in [0.25, 0.3) is 0 Å². The van der Waals surface area contributed by atoms with Crippen molar-refractivity contribution < 1.29 is 4.39 Å². The molecule has 0 amide bonds. The summed E-state index contributed by atoms with van der Waals surface area (Å²) >= 11 is 8.35. The minimum atomic E-state index is -0.271. The minimum absolute atomic E-state index is 0.271. The van der Waals surface area contributed by atoms with E-state index in [4.69, 9.17) is 18.0 Å². The fraction of sp³-hybridized carbons (Fsp3) is 0.0714. The fourth-order valence-electron chi connectivity index (χ4n) is 1.68. The molecule has 5 heteroatoms. The van der Waals surface area contributed by atoms with Gasteiger partial charge < -0.3 is 11.1 Å². The van der Waals surface area contributed by atoms with Gasteiger partial charge in [-0.3, -0.25) is 0 Å². The second-order valence-electron chi connectivity index (χ2n) is 4.14. The molecule has 0 fully saturated rings. The first-order valence-electron chi connectivity index (χ1n) is 5.60. The van der Waals surface area contributed by atoms with Crippen LogP contribution in [-0.4, -0.2) is 4.99 Å². The molecule has 0 aliphatic carbocycles. The number of aryl methyl sites for hydroxylation is 1. The van der Waals surface area contributed by atoms with Gasteiger partial charge in [0.1, 0.15) is 10.8 Å². The van der Waals surface area contributed by atoms with Gasteiger partial charge in [-0.15, -0.1) is 0 Å². The van der Waals surface area contributed by atoms with Gasteiger partial charge in [0, 0.05) is 21.4 Å². The number of thiocarbonyl (C=S) groups is 1. The Morgan fingerprint density at radius 2 is 2.00 bits per heavy atom. The average Bonchev–Trinajstić information content (AvgIpc) is 2.33. The number of halogens is 2. The van der Waals surface area contributed by atoms with Crippen molar-refractivity contribution in [1.29, 1.82) is 0 Å². The number of hydrogen-bond acceptors (Lipinski definition) is 2. The molecule has 0 bridgehead atoms. The van der Waals surface area contributed by atoms with Gasteiger partial charge in [-0.2, -0.15) is 0 Å². The van der Waals surface area contributed by atoms with Gasteiger partial charge in [-0.1, -0.05) is 18.3 Å². The Labute approximate surface area is 124 Å². The van der Waals surface area contributed by atoms with E-state index in [2.05, 4.69) is 21.2 Å². The lowest BCUT2D eigenvalue weighted by molar-refractivity contribution is 0.628. The van der Waals surface area contributed by atoms with Crippen molar-refractivity contribution >= 4 is 44.5 Å². The van der Waals surface area contributed by atoms with E-state index in [1.165, 1.54) is 12.1 Å². The van der Waals surface area contributed by atoms with E-state index in [1.807, 2.05) is 25.1 Å². The molecule has 0 unspecified atom stereocenters. The highest BCUT2D eigenvalue weighted by Gasteiger charge is 2.06. The van der Waals surface area contributed by atoms with Gasteiger partial charge in [0.25, 0.3) is 0 Å². The third kappa shape index (κ3) is 3.30. The quantitative estimate of drug-likeness (QED) is 0.820. The van der Waals surface area contributed by atoms with Crippen LogP contribution in [0.15, 0.2) is 40.9 Å². The molecule has 98 valence electrons. The minimum Gasteiger partial charge on any atom is -0.389 e.